The van der Waals surface area contributed by atoms with Crippen molar-refractivity contribution in [1.29, 1.82) is 0 Å². The maximum atomic E-state index is 12.4. The van der Waals surface area contributed by atoms with E-state index in [9.17, 15) is 4.79 Å². The molecule has 0 radical (unpaired) electrons. The van der Waals surface area contributed by atoms with E-state index in [1.54, 1.807) is 11.3 Å². The highest BCUT2D eigenvalue weighted by molar-refractivity contribution is 7.18. The van der Waals surface area contributed by atoms with Crippen molar-refractivity contribution >= 4 is 39.3 Å². The molecule has 1 aliphatic heterocycles. The molecule has 0 bridgehead atoms. The zero-order valence-corrected chi connectivity index (χ0v) is 15.2. The van der Waals surface area contributed by atoms with Crippen LogP contribution in [0.2, 0.25) is 0 Å². The maximum Gasteiger partial charge on any atom is 0.261 e. The van der Waals surface area contributed by atoms with E-state index in [1.807, 2.05) is 36.4 Å². The number of carbonyl (C=O) groups excluding carboxylic acids is 1. The quantitative estimate of drug-likeness (QED) is 0.727. The van der Waals surface area contributed by atoms with Gasteiger partial charge in [-0.15, -0.1) is 22.7 Å². The van der Waals surface area contributed by atoms with Crippen LogP contribution < -0.4 is 15.0 Å². The number of benzene rings is 1. The SMILES string of the molecule is O=C(NCCc1cccs1)c1ccc(N2CCOc3ccccc32)s1. The molecule has 0 saturated carbocycles. The molecule has 1 aliphatic rings. The van der Waals surface area contributed by atoms with Gasteiger partial charge in [-0.2, -0.15) is 0 Å². The summed E-state index contributed by atoms with van der Waals surface area (Å²) in [6.07, 6.45) is 0.873. The summed E-state index contributed by atoms with van der Waals surface area (Å²) in [5.41, 5.74) is 1.06. The predicted molar refractivity (Wildman–Crippen MR) is 104 cm³/mol. The molecule has 25 heavy (non-hydrogen) atoms. The molecular formula is C19H18N2O2S2. The normalized spacial score (nSPS) is 13.2. The molecule has 0 aliphatic carbocycles. The first-order valence-electron chi connectivity index (χ1n) is 8.21. The topological polar surface area (TPSA) is 41.6 Å². The average molecular weight is 370 g/mol. The number of ether oxygens (including phenoxy) is 1. The van der Waals surface area contributed by atoms with E-state index in [2.05, 4.69) is 27.7 Å². The maximum absolute atomic E-state index is 12.4. The van der Waals surface area contributed by atoms with Crippen molar-refractivity contribution in [2.24, 2.45) is 0 Å². The number of fused-ring (bicyclic) bond motifs is 1. The predicted octanol–water partition coefficient (Wildman–Crippen LogP) is 4.31. The van der Waals surface area contributed by atoms with Crippen LogP contribution in [0, 0.1) is 0 Å². The first-order chi connectivity index (χ1) is 12.3. The van der Waals surface area contributed by atoms with Gasteiger partial charge in [-0.25, -0.2) is 0 Å². The minimum atomic E-state index is -0.00523. The molecule has 6 heteroatoms. The lowest BCUT2D eigenvalue weighted by molar-refractivity contribution is 0.0958. The summed E-state index contributed by atoms with van der Waals surface area (Å²) in [5.74, 6) is 0.887. The summed E-state index contributed by atoms with van der Waals surface area (Å²) in [5, 5.41) is 6.13. The molecule has 3 heterocycles. The molecule has 0 atom stereocenters. The smallest absolute Gasteiger partial charge is 0.261 e. The Bertz CT molecular complexity index is 858. The number of nitrogens with zero attached hydrogens (tertiary/aromatic N) is 1. The molecule has 0 spiro atoms. The van der Waals surface area contributed by atoms with Crippen LogP contribution in [-0.4, -0.2) is 25.6 Å². The van der Waals surface area contributed by atoms with Crippen LogP contribution in [0.5, 0.6) is 5.75 Å². The molecular weight excluding hydrogens is 352 g/mol. The van der Waals surface area contributed by atoms with Crippen molar-refractivity contribution in [1.82, 2.24) is 5.32 Å². The van der Waals surface area contributed by atoms with Crippen LogP contribution in [0.1, 0.15) is 14.5 Å². The van der Waals surface area contributed by atoms with Crippen LogP contribution in [0.25, 0.3) is 0 Å². The van der Waals surface area contributed by atoms with Crippen LogP contribution in [0.15, 0.2) is 53.9 Å². The summed E-state index contributed by atoms with van der Waals surface area (Å²) in [4.78, 5) is 16.6. The Hall–Kier alpha value is -2.31. The molecule has 1 N–H and O–H groups in total. The van der Waals surface area contributed by atoms with Crippen molar-refractivity contribution in [2.45, 2.75) is 6.42 Å². The van der Waals surface area contributed by atoms with Gasteiger partial charge in [0.25, 0.3) is 5.91 Å². The largest absolute Gasteiger partial charge is 0.490 e. The third-order valence-electron chi connectivity index (χ3n) is 4.05. The molecule has 1 amide bonds. The fourth-order valence-electron chi connectivity index (χ4n) is 2.83. The van der Waals surface area contributed by atoms with E-state index >= 15 is 0 Å². The number of para-hydroxylation sites is 2. The molecule has 0 saturated heterocycles. The van der Waals surface area contributed by atoms with E-state index in [0.29, 0.717) is 13.2 Å². The highest BCUT2D eigenvalue weighted by Gasteiger charge is 2.21. The fraction of sp³-hybridized carbons (Fsp3) is 0.211. The Morgan fingerprint density at radius 3 is 2.96 bits per heavy atom. The van der Waals surface area contributed by atoms with Crippen LogP contribution in [0.3, 0.4) is 0 Å². The number of carbonyl (C=O) groups is 1. The van der Waals surface area contributed by atoms with Crippen molar-refractivity contribution in [3.8, 4) is 5.75 Å². The molecule has 0 fully saturated rings. The fourth-order valence-corrected chi connectivity index (χ4v) is 4.51. The number of hydrogen-bond acceptors (Lipinski definition) is 5. The molecule has 0 unspecified atom stereocenters. The Balaban J connectivity index is 1.43. The molecule has 2 aromatic heterocycles. The standard InChI is InChI=1S/C19H18N2O2S2/c22-19(20-10-9-14-4-3-13-24-14)17-7-8-18(25-17)21-11-12-23-16-6-2-1-5-15(16)21/h1-8,13H,9-12H2,(H,20,22). The van der Waals surface area contributed by atoms with Gasteiger partial charge in [-0.3, -0.25) is 4.79 Å². The minimum Gasteiger partial charge on any atom is -0.490 e. The molecule has 128 valence electrons. The van der Waals surface area contributed by atoms with Gasteiger partial charge in [0.05, 0.1) is 22.1 Å². The third kappa shape index (κ3) is 3.55. The summed E-state index contributed by atoms with van der Waals surface area (Å²) in [7, 11) is 0. The van der Waals surface area contributed by atoms with Crippen molar-refractivity contribution in [3.05, 3.63) is 63.7 Å². The van der Waals surface area contributed by atoms with Crippen molar-refractivity contribution in [3.63, 3.8) is 0 Å². The Kier molecular flexibility index (Phi) is 4.72. The lowest BCUT2D eigenvalue weighted by Gasteiger charge is -2.29. The van der Waals surface area contributed by atoms with Crippen LogP contribution >= 0.6 is 22.7 Å². The number of thiophene rings is 2. The molecule has 3 aromatic rings. The first kappa shape index (κ1) is 16.2. The van der Waals surface area contributed by atoms with E-state index in [1.165, 1.54) is 16.2 Å². The van der Waals surface area contributed by atoms with E-state index in [4.69, 9.17) is 4.74 Å². The van der Waals surface area contributed by atoms with Gasteiger partial charge in [0, 0.05) is 11.4 Å². The molecule has 4 rings (SSSR count). The van der Waals surface area contributed by atoms with Gasteiger partial charge in [0.1, 0.15) is 12.4 Å². The Morgan fingerprint density at radius 2 is 2.08 bits per heavy atom. The van der Waals surface area contributed by atoms with Crippen LogP contribution in [0.4, 0.5) is 10.7 Å². The highest BCUT2D eigenvalue weighted by atomic mass is 32.1. The first-order valence-corrected chi connectivity index (χ1v) is 9.91. The van der Waals surface area contributed by atoms with Gasteiger partial charge < -0.3 is 15.0 Å². The van der Waals surface area contributed by atoms with Crippen molar-refractivity contribution in [2.75, 3.05) is 24.6 Å². The monoisotopic (exact) mass is 370 g/mol. The van der Waals surface area contributed by atoms with Gasteiger partial charge in [-0.1, -0.05) is 18.2 Å². The number of nitrogens with one attached hydrogen (secondary N) is 1. The third-order valence-corrected chi connectivity index (χ3v) is 6.09. The van der Waals surface area contributed by atoms with E-state index in [-0.39, 0.29) is 5.91 Å². The summed E-state index contributed by atoms with van der Waals surface area (Å²) >= 11 is 3.24. The lowest BCUT2D eigenvalue weighted by atomic mass is 10.2. The summed E-state index contributed by atoms with van der Waals surface area (Å²) < 4.78 is 5.70. The summed E-state index contributed by atoms with van der Waals surface area (Å²) in [6, 6.07) is 16.1. The number of anilines is 2. The number of rotatable bonds is 5. The molecule has 1 aromatic carbocycles. The number of hydrogen-bond donors (Lipinski definition) is 1. The second-order valence-corrected chi connectivity index (χ2v) is 7.79. The second kappa shape index (κ2) is 7.29. The molecule has 4 nitrogen and oxygen atoms in total. The zero-order chi connectivity index (χ0) is 17.1. The van der Waals surface area contributed by atoms with Gasteiger partial charge in [0.2, 0.25) is 0 Å². The Morgan fingerprint density at radius 1 is 1.16 bits per heavy atom. The lowest BCUT2D eigenvalue weighted by Crippen LogP contribution is -2.27. The van der Waals surface area contributed by atoms with Crippen molar-refractivity contribution < 1.29 is 9.53 Å². The summed E-state index contributed by atoms with van der Waals surface area (Å²) in [6.45, 7) is 2.10. The second-order valence-electron chi connectivity index (χ2n) is 5.69. The highest BCUT2D eigenvalue weighted by Crippen LogP contribution is 2.39. The van der Waals surface area contributed by atoms with Gasteiger partial charge >= 0.3 is 0 Å². The van der Waals surface area contributed by atoms with Crippen LogP contribution in [-0.2, 0) is 6.42 Å². The number of amides is 1. The Labute approximate surface area is 154 Å². The van der Waals surface area contributed by atoms with Gasteiger partial charge in [0.15, 0.2) is 0 Å². The van der Waals surface area contributed by atoms with Gasteiger partial charge in [-0.05, 0) is 42.1 Å². The zero-order valence-electron chi connectivity index (χ0n) is 13.6. The minimum absolute atomic E-state index is 0.00523. The average Bonchev–Trinajstić information content (AvgIpc) is 3.33. The van der Waals surface area contributed by atoms with E-state index in [0.717, 1.165) is 34.3 Å². The van der Waals surface area contributed by atoms with E-state index < -0.39 is 0 Å².